The summed E-state index contributed by atoms with van der Waals surface area (Å²) in [6.07, 6.45) is -0.842. The predicted octanol–water partition coefficient (Wildman–Crippen LogP) is 3.28. The van der Waals surface area contributed by atoms with Gasteiger partial charge in [0, 0.05) is 15.6 Å². The molecule has 1 aromatic rings. The molecule has 0 fully saturated rings. The minimum atomic E-state index is -1.55. The third-order valence-corrected chi connectivity index (χ3v) is 3.51. The number of ketones is 1. The van der Waals surface area contributed by atoms with Crippen LogP contribution in [0, 0.1) is 0 Å². The minimum Gasteiger partial charge on any atom is -0.501 e. The Morgan fingerprint density at radius 3 is 2.50 bits per heavy atom. The Bertz CT molecular complexity index is 653. The molecule has 0 saturated carbocycles. The van der Waals surface area contributed by atoms with Gasteiger partial charge in [-0.3, -0.25) is 10.1 Å². The van der Waals surface area contributed by atoms with Gasteiger partial charge in [-0.1, -0.05) is 23.2 Å². The van der Waals surface area contributed by atoms with Gasteiger partial charge < -0.3 is 14.6 Å². The molecule has 1 aromatic carbocycles. The number of halogens is 2. The molecule has 1 atom stereocenters. The maximum atomic E-state index is 12.3. The Hall–Kier alpha value is -1.92. The van der Waals surface area contributed by atoms with Gasteiger partial charge in [0.2, 0.25) is 11.6 Å². The monoisotopic (exact) mass is 345 g/mol. The van der Waals surface area contributed by atoms with Gasteiger partial charge in [0.15, 0.2) is 5.60 Å². The molecule has 0 aliphatic carbocycles. The van der Waals surface area contributed by atoms with Crippen LogP contribution < -0.4 is 5.32 Å². The van der Waals surface area contributed by atoms with E-state index in [2.05, 4.69) is 10.1 Å². The first-order valence-corrected chi connectivity index (χ1v) is 7.11. The lowest BCUT2D eigenvalue weighted by molar-refractivity contribution is -0.131. The summed E-state index contributed by atoms with van der Waals surface area (Å²) in [5, 5.41) is 12.7. The molecule has 1 unspecified atom stereocenters. The quantitative estimate of drug-likeness (QED) is 0.877. The molecule has 0 radical (unpaired) electrons. The van der Waals surface area contributed by atoms with E-state index in [0.717, 1.165) is 0 Å². The number of aliphatic hydroxyl groups excluding tert-OH is 1. The molecule has 8 heteroatoms. The lowest BCUT2D eigenvalue weighted by Gasteiger charge is -2.24. The second-order valence-electron chi connectivity index (χ2n) is 4.65. The van der Waals surface area contributed by atoms with Gasteiger partial charge in [0.05, 0.1) is 6.61 Å². The average molecular weight is 346 g/mol. The second kappa shape index (κ2) is 6.06. The van der Waals surface area contributed by atoms with Crippen molar-refractivity contribution in [2.75, 3.05) is 6.61 Å². The van der Waals surface area contributed by atoms with Crippen LogP contribution >= 0.6 is 23.2 Å². The normalized spacial score (nSPS) is 20.8. The SMILES string of the molecule is CCOC(=O)NC1=C(O)C(=O)C(C)(c2cc(Cl)cc(Cl)c2)O1. The maximum absolute atomic E-state index is 12.3. The third-order valence-electron chi connectivity index (χ3n) is 3.07. The van der Waals surface area contributed by atoms with Gasteiger partial charge in [0.25, 0.3) is 5.78 Å². The molecule has 1 amide bonds. The van der Waals surface area contributed by atoms with Gasteiger partial charge >= 0.3 is 6.09 Å². The lowest BCUT2D eigenvalue weighted by atomic mass is 9.92. The molecule has 0 aromatic heterocycles. The highest BCUT2D eigenvalue weighted by Crippen LogP contribution is 2.38. The highest BCUT2D eigenvalue weighted by molar-refractivity contribution is 6.34. The molecular weight excluding hydrogens is 333 g/mol. The van der Waals surface area contributed by atoms with Gasteiger partial charge in [0.1, 0.15) is 0 Å². The van der Waals surface area contributed by atoms with E-state index in [1.165, 1.54) is 25.1 Å². The fourth-order valence-electron chi connectivity index (χ4n) is 1.99. The van der Waals surface area contributed by atoms with E-state index in [9.17, 15) is 14.7 Å². The molecule has 1 heterocycles. The number of hydrogen-bond acceptors (Lipinski definition) is 5. The Kier molecular flexibility index (Phi) is 4.53. The van der Waals surface area contributed by atoms with Gasteiger partial charge in [-0.05, 0) is 32.0 Å². The van der Waals surface area contributed by atoms with Gasteiger partial charge in [-0.25, -0.2) is 4.79 Å². The molecule has 0 saturated heterocycles. The molecule has 0 spiro atoms. The molecule has 1 aliphatic rings. The highest BCUT2D eigenvalue weighted by Gasteiger charge is 2.48. The maximum Gasteiger partial charge on any atom is 0.414 e. The first kappa shape index (κ1) is 16.5. The Morgan fingerprint density at radius 1 is 1.36 bits per heavy atom. The number of carbonyl (C=O) groups excluding carboxylic acids is 2. The number of amides is 1. The number of aliphatic hydroxyl groups is 1. The number of rotatable bonds is 3. The largest absolute Gasteiger partial charge is 0.501 e. The molecule has 1 aliphatic heterocycles. The zero-order chi connectivity index (χ0) is 16.5. The van der Waals surface area contributed by atoms with Crippen molar-refractivity contribution in [3.63, 3.8) is 0 Å². The highest BCUT2D eigenvalue weighted by atomic mass is 35.5. The van der Waals surface area contributed by atoms with Crippen molar-refractivity contribution >= 4 is 35.1 Å². The number of Topliss-reactive ketones (excluding diaryl/α,β-unsaturated/α-hetero) is 1. The van der Waals surface area contributed by atoms with Crippen molar-refractivity contribution < 1.29 is 24.2 Å². The topological polar surface area (TPSA) is 84.9 Å². The van der Waals surface area contributed by atoms with Crippen molar-refractivity contribution in [2.24, 2.45) is 0 Å². The summed E-state index contributed by atoms with van der Waals surface area (Å²) in [5.74, 6) is -1.80. The van der Waals surface area contributed by atoms with Crippen LogP contribution in [0.25, 0.3) is 0 Å². The van der Waals surface area contributed by atoms with Crippen molar-refractivity contribution in [3.8, 4) is 0 Å². The molecular formula is C14H13Cl2NO5. The van der Waals surface area contributed by atoms with Crippen LogP contribution in [0.5, 0.6) is 0 Å². The second-order valence-corrected chi connectivity index (χ2v) is 5.52. The summed E-state index contributed by atoms with van der Waals surface area (Å²) < 4.78 is 10.1. The average Bonchev–Trinajstić information content (AvgIpc) is 2.64. The summed E-state index contributed by atoms with van der Waals surface area (Å²) in [6.45, 7) is 3.19. The molecule has 2 rings (SSSR count). The summed E-state index contributed by atoms with van der Waals surface area (Å²) in [6, 6.07) is 4.48. The number of ether oxygens (including phenoxy) is 2. The van der Waals surface area contributed by atoms with E-state index in [1.807, 2.05) is 0 Å². The fraction of sp³-hybridized carbons (Fsp3) is 0.286. The van der Waals surface area contributed by atoms with Crippen LogP contribution in [0.1, 0.15) is 19.4 Å². The third kappa shape index (κ3) is 2.98. The standard InChI is InChI=1S/C14H13Cl2NO5/c1-3-21-13(20)17-12-10(18)11(19)14(2,22-12)7-4-8(15)6-9(16)5-7/h4-6,18H,3H2,1-2H3,(H,17,20). The smallest absolute Gasteiger partial charge is 0.414 e. The number of benzene rings is 1. The van der Waals surface area contributed by atoms with Crippen molar-refractivity contribution in [1.82, 2.24) is 5.32 Å². The van der Waals surface area contributed by atoms with E-state index < -0.39 is 23.2 Å². The Balaban J connectivity index is 2.32. The van der Waals surface area contributed by atoms with E-state index in [0.29, 0.717) is 15.6 Å². The fourth-order valence-corrected chi connectivity index (χ4v) is 2.52. The van der Waals surface area contributed by atoms with Crippen molar-refractivity contribution in [1.29, 1.82) is 0 Å². The molecule has 0 bridgehead atoms. The van der Waals surface area contributed by atoms with Crippen molar-refractivity contribution in [3.05, 3.63) is 45.5 Å². The van der Waals surface area contributed by atoms with Crippen LogP contribution in [0.15, 0.2) is 29.8 Å². The minimum absolute atomic E-state index is 0.134. The van der Waals surface area contributed by atoms with Gasteiger partial charge in [-0.15, -0.1) is 0 Å². The Labute approximate surface area is 136 Å². The molecule has 118 valence electrons. The summed E-state index contributed by atoms with van der Waals surface area (Å²) in [7, 11) is 0. The van der Waals surface area contributed by atoms with E-state index in [4.69, 9.17) is 27.9 Å². The molecule has 22 heavy (non-hydrogen) atoms. The first-order valence-electron chi connectivity index (χ1n) is 6.35. The summed E-state index contributed by atoms with van der Waals surface area (Å²) in [5.41, 5.74) is -1.20. The summed E-state index contributed by atoms with van der Waals surface area (Å²) in [4.78, 5) is 23.7. The van der Waals surface area contributed by atoms with E-state index >= 15 is 0 Å². The number of carbonyl (C=O) groups is 2. The van der Waals surface area contributed by atoms with Crippen LogP contribution in [0.2, 0.25) is 10.0 Å². The molecule has 6 nitrogen and oxygen atoms in total. The van der Waals surface area contributed by atoms with Crippen molar-refractivity contribution in [2.45, 2.75) is 19.4 Å². The van der Waals surface area contributed by atoms with Crippen LogP contribution in [-0.2, 0) is 19.9 Å². The Morgan fingerprint density at radius 2 is 1.95 bits per heavy atom. The van der Waals surface area contributed by atoms with Crippen LogP contribution in [0.3, 0.4) is 0 Å². The lowest BCUT2D eigenvalue weighted by Crippen LogP contribution is -2.32. The van der Waals surface area contributed by atoms with E-state index in [-0.39, 0.29) is 12.5 Å². The first-order chi connectivity index (χ1) is 10.3. The predicted molar refractivity (Wildman–Crippen MR) is 79.7 cm³/mol. The summed E-state index contributed by atoms with van der Waals surface area (Å²) >= 11 is 11.8. The van der Waals surface area contributed by atoms with E-state index in [1.54, 1.807) is 6.92 Å². The number of alkyl carbamates (subject to hydrolysis) is 1. The number of nitrogens with one attached hydrogen (secondary N) is 1. The van der Waals surface area contributed by atoms with Crippen LogP contribution in [0.4, 0.5) is 4.79 Å². The van der Waals surface area contributed by atoms with Gasteiger partial charge in [-0.2, -0.15) is 0 Å². The number of hydrogen-bond donors (Lipinski definition) is 2. The molecule has 2 N–H and O–H groups in total. The van der Waals surface area contributed by atoms with Crippen LogP contribution in [-0.4, -0.2) is 23.6 Å². The zero-order valence-corrected chi connectivity index (χ0v) is 13.3. The zero-order valence-electron chi connectivity index (χ0n) is 11.8.